The van der Waals surface area contributed by atoms with Crippen molar-refractivity contribution in [2.45, 2.75) is 55.8 Å². The molecular weight excluding hydrogens is 590 g/mol. The zero-order valence-corrected chi connectivity index (χ0v) is 22.8. The van der Waals surface area contributed by atoms with Crippen molar-refractivity contribution in [3.05, 3.63) is 28.5 Å². The number of nitrogen functional groups attached to an aromatic ring is 1. The summed E-state index contributed by atoms with van der Waals surface area (Å²) in [6, 6.07) is 0.770. The van der Waals surface area contributed by atoms with E-state index >= 15 is 4.39 Å². The molecule has 2 N–H and O–H groups in total. The first kappa shape index (κ1) is 27.6. The monoisotopic (exact) mass is 614 g/mol. The summed E-state index contributed by atoms with van der Waals surface area (Å²) in [6.45, 7) is 1.05. The van der Waals surface area contributed by atoms with Gasteiger partial charge in [0.25, 0.3) is 0 Å². The first-order valence-corrected chi connectivity index (χ1v) is 14.0. The molecule has 0 spiro atoms. The molecule has 2 unspecified atom stereocenters. The van der Waals surface area contributed by atoms with Crippen molar-refractivity contribution >= 4 is 34.0 Å². The van der Waals surface area contributed by atoms with Gasteiger partial charge < -0.3 is 20.1 Å². The fourth-order valence-corrected chi connectivity index (χ4v) is 7.18. The molecule has 224 valence electrons. The predicted octanol–water partition coefficient (Wildman–Crippen LogP) is 5.35. The van der Waals surface area contributed by atoms with E-state index in [4.69, 9.17) is 26.8 Å². The number of fused-ring (bicyclic) bond motifs is 3. The molecule has 4 aliphatic heterocycles. The topological polar surface area (TPSA) is 89.6 Å². The highest BCUT2D eigenvalue weighted by Gasteiger charge is 2.50. The van der Waals surface area contributed by atoms with Crippen LogP contribution in [0.3, 0.4) is 0 Å². The van der Waals surface area contributed by atoms with Crippen LogP contribution in [0.1, 0.15) is 31.2 Å². The van der Waals surface area contributed by atoms with Crippen LogP contribution in [0.15, 0.2) is 12.1 Å². The molecule has 0 radical (unpaired) electrons. The van der Waals surface area contributed by atoms with Crippen LogP contribution in [-0.2, 0) is 6.18 Å². The number of hydrogen-bond acceptors (Lipinski definition) is 8. The number of ether oxygens (including phenoxy) is 2. The van der Waals surface area contributed by atoms with Gasteiger partial charge in [-0.1, -0.05) is 11.6 Å². The van der Waals surface area contributed by atoms with Crippen LogP contribution < -0.4 is 20.1 Å². The van der Waals surface area contributed by atoms with Gasteiger partial charge in [0.2, 0.25) is 5.88 Å². The summed E-state index contributed by atoms with van der Waals surface area (Å²) in [5, 5.41) is -0.754. The van der Waals surface area contributed by atoms with Gasteiger partial charge in [-0.2, -0.15) is 23.1 Å². The Morgan fingerprint density at radius 1 is 1.17 bits per heavy atom. The first-order valence-electron chi connectivity index (χ1n) is 13.6. The molecule has 0 amide bonds. The number of benzene rings is 1. The molecule has 2 aromatic heterocycles. The smallest absolute Gasteiger partial charge is 0.418 e. The standard InChI is InChI=1S/C27H25ClF6N6O2/c28-15-7-13(35)6-14(19(15)27(32,33)34)21-20(31)22-18-23(40-5-2-16(30)17(40)10-41-24(18)36-21)38-25(37-22)42-11-26-3-1-4-39(26)9-12(29)8-26/h6-7,12,16-17H,1-5,8-11,35H2/t12-,16?,17?,26+/m1/s1. The number of anilines is 2. The third-order valence-corrected chi connectivity index (χ3v) is 9.02. The molecule has 42 heavy (non-hydrogen) atoms. The Hall–Kier alpha value is -3.26. The van der Waals surface area contributed by atoms with E-state index in [0.29, 0.717) is 6.42 Å². The number of alkyl halides is 5. The van der Waals surface area contributed by atoms with E-state index in [0.717, 1.165) is 25.1 Å². The normalized spacial score (nSPS) is 27.2. The number of halogens is 7. The predicted molar refractivity (Wildman–Crippen MR) is 142 cm³/mol. The Labute approximate surface area is 240 Å². The minimum Gasteiger partial charge on any atom is -0.475 e. The number of aromatic nitrogens is 3. The first-order chi connectivity index (χ1) is 19.9. The third-order valence-electron chi connectivity index (χ3n) is 8.72. The Morgan fingerprint density at radius 3 is 2.76 bits per heavy atom. The Morgan fingerprint density at radius 2 is 1.98 bits per heavy atom. The Balaban J connectivity index is 1.41. The lowest BCUT2D eigenvalue weighted by Crippen LogP contribution is -2.43. The minimum atomic E-state index is -4.98. The zero-order chi connectivity index (χ0) is 29.6. The molecule has 3 saturated heterocycles. The lowest BCUT2D eigenvalue weighted by atomic mass is 9.95. The quantitative estimate of drug-likeness (QED) is 0.311. The number of pyridine rings is 1. The van der Waals surface area contributed by atoms with E-state index < -0.39 is 63.3 Å². The van der Waals surface area contributed by atoms with Gasteiger partial charge in [-0.3, -0.25) is 4.90 Å². The summed E-state index contributed by atoms with van der Waals surface area (Å²) in [5.74, 6) is -1.37. The number of hydrogen-bond donors (Lipinski definition) is 1. The summed E-state index contributed by atoms with van der Waals surface area (Å²) in [5.41, 5.74) is 1.89. The van der Waals surface area contributed by atoms with Gasteiger partial charge in [0, 0.05) is 30.8 Å². The average molecular weight is 615 g/mol. The molecule has 3 aromatic rings. The van der Waals surface area contributed by atoms with Gasteiger partial charge in [-0.25, -0.2) is 18.2 Å². The largest absolute Gasteiger partial charge is 0.475 e. The van der Waals surface area contributed by atoms with Crippen molar-refractivity contribution in [1.82, 2.24) is 19.9 Å². The molecule has 0 aliphatic carbocycles. The lowest BCUT2D eigenvalue weighted by molar-refractivity contribution is -0.137. The van der Waals surface area contributed by atoms with Crippen LogP contribution >= 0.6 is 11.6 Å². The van der Waals surface area contributed by atoms with Gasteiger partial charge in [0.15, 0.2) is 5.82 Å². The fraction of sp³-hybridized carbons (Fsp3) is 0.519. The van der Waals surface area contributed by atoms with Gasteiger partial charge in [-0.15, -0.1) is 0 Å². The SMILES string of the molecule is Nc1cc(Cl)c(C(F)(F)F)c(-c2nc3c4c(nc(OC[C@@]56CCCN5C[C@H](F)C6)nc4c2F)N2CCC(F)C2CO3)c1. The molecule has 0 bridgehead atoms. The van der Waals surface area contributed by atoms with Crippen molar-refractivity contribution < 1.29 is 35.8 Å². The summed E-state index contributed by atoms with van der Waals surface area (Å²) < 4.78 is 99.7. The van der Waals surface area contributed by atoms with Crippen LogP contribution in [0, 0.1) is 5.82 Å². The second kappa shape index (κ2) is 9.63. The molecular formula is C27H25ClF6N6O2. The maximum Gasteiger partial charge on any atom is 0.418 e. The summed E-state index contributed by atoms with van der Waals surface area (Å²) in [7, 11) is 0. The van der Waals surface area contributed by atoms with E-state index in [1.165, 1.54) is 0 Å². The maximum atomic E-state index is 16.4. The zero-order valence-electron chi connectivity index (χ0n) is 22.0. The number of nitrogens with two attached hydrogens (primary N) is 1. The third kappa shape index (κ3) is 4.28. The van der Waals surface area contributed by atoms with Crippen LogP contribution in [0.5, 0.6) is 11.9 Å². The molecule has 8 nitrogen and oxygen atoms in total. The molecule has 1 aromatic carbocycles. The Kier molecular flexibility index (Phi) is 6.32. The number of nitrogens with zero attached hydrogens (tertiary/aromatic N) is 5. The van der Waals surface area contributed by atoms with E-state index in [1.54, 1.807) is 4.90 Å². The highest BCUT2D eigenvalue weighted by Crippen LogP contribution is 2.47. The van der Waals surface area contributed by atoms with Crippen molar-refractivity contribution in [1.29, 1.82) is 0 Å². The van der Waals surface area contributed by atoms with Gasteiger partial charge >= 0.3 is 12.2 Å². The van der Waals surface area contributed by atoms with Crippen LogP contribution in [0.25, 0.3) is 22.2 Å². The van der Waals surface area contributed by atoms with E-state index in [-0.39, 0.29) is 67.9 Å². The van der Waals surface area contributed by atoms with E-state index in [1.807, 2.05) is 4.90 Å². The van der Waals surface area contributed by atoms with Gasteiger partial charge in [0.1, 0.15) is 48.0 Å². The van der Waals surface area contributed by atoms with Gasteiger partial charge in [-0.05, 0) is 37.9 Å². The lowest BCUT2D eigenvalue weighted by Gasteiger charge is -2.31. The maximum absolute atomic E-state index is 16.4. The summed E-state index contributed by atoms with van der Waals surface area (Å²) in [6.07, 6.45) is -5.29. The fourth-order valence-electron chi connectivity index (χ4n) is 6.85. The Bertz CT molecular complexity index is 1590. The summed E-state index contributed by atoms with van der Waals surface area (Å²) >= 11 is 5.93. The highest BCUT2D eigenvalue weighted by molar-refractivity contribution is 6.32. The average Bonchev–Trinajstić information content (AvgIpc) is 3.53. The van der Waals surface area contributed by atoms with Crippen LogP contribution in [0.4, 0.5) is 37.8 Å². The van der Waals surface area contributed by atoms with Crippen molar-refractivity contribution in [3.63, 3.8) is 0 Å². The molecule has 4 atom stereocenters. The molecule has 15 heteroatoms. The molecule has 6 heterocycles. The molecule has 0 saturated carbocycles. The van der Waals surface area contributed by atoms with Crippen LogP contribution in [-0.4, -0.2) is 76.6 Å². The second-order valence-corrected chi connectivity index (χ2v) is 11.7. The van der Waals surface area contributed by atoms with E-state index in [2.05, 4.69) is 15.0 Å². The summed E-state index contributed by atoms with van der Waals surface area (Å²) in [4.78, 5) is 16.5. The molecule has 7 rings (SSSR count). The minimum absolute atomic E-state index is 0.0193. The van der Waals surface area contributed by atoms with Crippen molar-refractivity contribution in [2.24, 2.45) is 0 Å². The van der Waals surface area contributed by atoms with Crippen molar-refractivity contribution in [2.75, 3.05) is 43.5 Å². The second-order valence-electron chi connectivity index (χ2n) is 11.3. The van der Waals surface area contributed by atoms with Gasteiger partial charge in [0.05, 0.1) is 22.2 Å². The highest BCUT2D eigenvalue weighted by atomic mass is 35.5. The van der Waals surface area contributed by atoms with Crippen molar-refractivity contribution in [3.8, 4) is 23.1 Å². The molecule has 3 fully saturated rings. The van der Waals surface area contributed by atoms with Crippen LogP contribution in [0.2, 0.25) is 5.02 Å². The number of rotatable bonds is 4. The van der Waals surface area contributed by atoms with E-state index in [9.17, 15) is 22.0 Å². The molecule has 4 aliphatic rings.